The Morgan fingerprint density at radius 3 is 2.68 bits per heavy atom. The number of ether oxygens (including phenoxy) is 1. The highest BCUT2D eigenvalue weighted by atomic mass is 32.2. The molecule has 28 heavy (non-hydrogen) atoms. The van der Waals surface area contributed by atoms with Crippen LogP contribution in [0, 0.1) is 12.7 Å². The van der Waals surface area contributed by atoms with Crippen molar-refractivity contribution in [2.24, 2.45) is 0 Å². The minimum Gasteiger partial charge on any atom is -0.381 e. The molecular weight excluding hydrogens is 381 g/mol. The van der Waals surface area contributed by atoms with Gasteiger partial charge in [0.25, 0.3) is 0 Å². The molecule has 2 aromatic rings. The van der Waals surface area contributed by atoms with Gasteiger partial charge in [0, 0.05) is 37.9 Å². The summed E-state index contributed by atoms with van der Waals surface area (Å²) in [6, 6.07) is 6.59. The largest absolute Gasteiger partial charge is 0.381 e. The average Bonchev–Trinajstić information content (AvgIpc) is 3.07. The first kappa shape index (κ1) is 21.0. The van der Waals surface area contributed by atoms with Crippen molar-refractivity contribution in [3.63, 3.8) is 0 Å². The number of rotatable bonds is 8. The average molecular weight is 410 g/mol. The van der Waals surface area contributed by atoms with E-state index >= 15 is 0 Å². The number of nitrogens with one attached hydrogen (secondary N) is 1. The summed E-state index contributed by atoms with van der Waals surface area (Å²) in [7, 11) is -3.75. The third kappa shape index (κ3) is 4.45. The number of halogens is 1. The number of unbranched alkanes of at least 4 members (excludes halogenated alkanes) is 1. The third-order valence-electron chi connectivity index (χ3n) is 5.43. The molecule has 0 saturated carbocycles. The highest BCUT2D eigenvalue weighted by molar-refractivity contribution is 7.89. The van der Waals surface area contributed by atoms with Crippen LogP contribution >= 0.6 is 0 Å². The molecule has 1 fully saturated rings. The minimum absolute atomic E-state index is 0.124. The van der Waals surface area contributed by atoms with Gasteiger partial charge in [-0.05, 0) is 37.8 Å². The number of aryl methyl sites for hydroxylation is 2. The maximum absolute atomic E-state index is 14.5. The monoisotopic (exact) mass is 409 g/mol. The smallest absolute Gasteiger partial charge is 0.243 e. The number of aromatic nitrogens is 2. The Balaban J connectivity index is 1.83. The molecule has 6 nitrogen and oxygen atoms in total. The molecule has 154 valence electrons. The molecule has 2 heterocycles. The van der Waals surface area contributed by atoms with E-state index in [1.165, 1.54) is 6.07 Å². The molecule has 1 saturated heterocycles. The SMILES string of the molecule is CCCCn1cc(S(=O)(=O)NCC2(c3ccccc3F)CCOCC2)c(C)n1. The van der Waals surface area contributed by atoms with Crippen LogP contribution in [0.1, 0.15) is 43.9 Å². The lowest BCUT2D eigenvalue weighted by Crippen LogP contribution is -2.45. The summed E-state index contributed by atoms with van der Waals surface area (Å²) in [5, 5.41) is 4.32. The van der Waals surface area contributed by atoms with E-state index in [4.69, 9.17) is 4.74 Å². The van der Waals surface area contributed by atoms with Crippen molar-refractivity contribution in [1.29, 1.82) is 0 Å². The van der Waals surface area contributed by atoms with Gasteiger partial charge < -0.3 is 4.74 Å². The van der Waals surface area contributed by atoms with E-state index in [9.17, 15) is 12.8 Å². The molecule has 8 heteroatoms. The molecule has 1 N–H and O–H groups in total. The first-order chi connectivity index (χ1) is 13.4. The van der Waals surface area contributed by atoms with Crippen LogP contribution in [0.5, 0.6) is 0 Å². The third-order valence-corrected chi connectivity index (χ3v) is 6.93. The highest BCUT2D eigenvalue weighted by Gasteiger charge is 2.38. The van der Waals surface area contributed by atoms with Gasteiger partial charge in [-0.3, -0.25) is 4.68 Å². The summed E-state index contributed by atoms with van der Waals surface area (Å²) in [5.41, 5.74) is 0.384. The van der Waals surface area contributed by atoms with Crippen LogP contribution in [-0.2, 0) is 26.7 Å². The molecule has 1 aromatic carbocycles. The standard InChI is InChI=1S/C20H28FN3O3S/c1-3-4-11-24-14-19(16(2)23-24)28(25,26)22-15-20(9-12-27-13-10-20)17-7-5-6-8-18(17)21/h5-8,14,22H,3-4,9-13,15H2,1-2H3. The van der Waals surface area contributed by atoms with Gasteiger partial charge in [-0.15, -0.1) is 0 Å². The van der Waals surface area contributed by atoms with E-state index in [1.807, 2.05) is 0 Å². The fraction of sp³-hybridized carbons (Fsp3) is 0.550. The normalized spacial score (nSPS) is 17.0. The first-order valence-electron chi connectivity index (χ1n) is 9.74. The minimum atomic E-state index is -3.75. The lowest BCUT2D eigenvalue weighted by Gasteiger charge is -2.38. The van der Waals surface area contributed by atoms with Gasteiger partial charge in [0.05, 0.1) is 5.69 Å². The lowest BCUT2D eigenvalue weighted by molar-refractivity contribution is 0.0505. The van der Waals surface area contributed by atoms with Crippen LogP contribution < -0.4 is 4.72 Å². The maximum atomic E-state index is 14.5. The number of sulfonamides is 1. The molecule has 0 spiro atoms. The molecule has 0 atom stereocenters. The zero-order valence-corrected chi connectivity index (χ0v) is 17.3. The van der Waals surface area contributed by atoms with Crippen LogP contribution in [0.3, 0.4) is 0 Å². The fourth-order valence-corrected chi connectivity index (χ4v) is 5.02. The summed E-state index contributed by atoms with van der Waals surface area (Å²) < 4.78 is 50.3. The van der Waals surface area contributed by atoms with Crippen LogP contribution in [0.25, 0.3) is 0 Å². The number of hydrogen-bond acceptors (Lipinski definition) is 4. The van der Waals surface area contributed by atoms with Crippen molar-refractivity contribution in [2.75, 3.05) is 19.8 Å². The topological polar surface area (TPSA) is 73.2 Å². The van der Waals surface area contributed by atoms with E-state index in [1.54, 1.807) is 36.0 Å². The molecular formula is C20H28FN3O3S. The number of nitrogens with zero attached hydrogens (tertiary/aromatic N) is 2. The number of hydrogen-bond donors (Lipinski definition) is 1. The van der Waals surface area contributed by atoms with E-state index in [-0.39, 0.29) is 17.3 Å². The van der Waals surface area contributed by atoms with E-state index in [0.717, 1.165) is 12.8 Å². The fourth-order valence-electron chi connectivity index (χ4n) is 3.70. The van der Waals surface area contributed by atoms with Gasteiger partial charge in [-0.2, -0.15) is 5.10 Å². The Morgan fingerprint density at radius 1 is 1.29 bits per heavy atom. The molecule has 0 bridgehead atoms. The Bertz CT molecular complexity index is 905. The van der Waals surface area contributed by atoms with Crippen molar-refractivity contribution in [2.45, 2.75) is 56.4 Å². The first-order valence-corrected chi connectivity index (χ1v) is 11.2. The highest BCUT2D eigenvalue weighted by Crippen LogP contribution is 2.36. The molecule has 0 aliphatic carbocycles. The van der Waals surface area contributed by atoms with E-state index in [0.29, 0.717) is 43.9 Å². The molecule has 0 radical (unpaired) electrons. The van der Waals surface area contributed by atoms with Crippen molar-refractivity contribution in [3.05, 3.63) is 47.5 Å². The Kier molecular flexibility index (Phi) is 6.52. The van der Waals surface area contributed by atoms with Crippen LogP contribution in [0.4, 0.5) is 4.39 Å². The van der Waals surface area contributed by atoms with E-state index < -0.39 is 15.4 Å². The predicted molar refractivity (Wildman–Crippen MR) is 105 cm³/mol. The second-order valence-electron chi connectivity index (χ2n) is 7.39. The quantitative estimate of drug-likeness (QED) is 0.727. The Hall–Kier alpha value is -1.77. The predicted octanol–water partition coefficient (Wildman–Crippen LogP) is 3.16. The summed E-state index contributed by atoms with van der Waals surface area (Å²) in [4.78, 5) is 0.180. The number of benzene rings is 1. The molecule has 0 amide bonds. The molecule has 3 rings (SSSR count). The Morgan fingerprint density at radius 2 is 2.00 bits per heavy atom. The van der Waals surface area contributed by atoms with Crippen LogP contribution in [-0.4, -0.2) is 38.0 Å². The zero-order chi connectivity index (χ0) is 20.2. The van der Waals surface area contributed by atoms with Crippen molar-refractivity contribution >= 4 is 10.0 Å². The summed E-state index contributed by atoms with van der Waals surface area (Å²) in [6.45, 7) is 5.53. The summed E-state index contributed by atoms with van der Waals surface area (Å²) >= 11 is 0. The van der Waals surface area contributed by atoms with E-state index in [2.05, 4.69) is 16.7 Å². The van der Waals surface area contributed by atoms with Gasteiger partial charge in [0.2, 0.25) is 10.0 Å². The summed E-state index contributed by atoms with van der Waals surface area (Å²) in [5.74, 6) is -0.313. The van der Waals surface area contributed by atoms with Gasteiger partial charge in [-0.25, -0.2) is 17.5 Å². The summed E-state index contributed by atoms with van der Waals surface area (Å²) in [6.07, 6.45) is 4.64. The second kappa shape index (κ2) is 8.71. The van der Waals surface area contributed by atoms with Gasteiger partial charge in [0.1, 0.15) is 10.7 Å². The zero-order valence-electron chi connectivity index (χ0n) is 16.4. The molecule has 0 unspecified atom stereocenters. The second-order valence-corrected chi connectivity index (χ2v) is 9.13. The maximum Gasteiger partial charge on any atom is 0.243 e. The van der Waals surface area contributed by atoms with Gasteiger partial charge >= 0.3 is 0 Å². The van der Waals surface area contributed by atoms with Crippen molar-refractivity contribution < 1.29 is 17.5 Å². The Labute approximate surface area is 166 Å². The lowest BCUT2D eigenvalue weighted by atomic mass is 9.74. The van der Waals surface area contributed by atoms with Crippen molar-refractivity contribution in [3.8, 4) is 0 Å². The molecule has 1 aliphatic heterocycles. The van der Waals surface area contributed by atoms with Crippen LogP contribution in [0.2, 0.25) is 0 Å². The van der Waals surface area contributed by atoms with Crippen LogP contribution in [0.15, 0.2) is 35.4 Å². The molecule has 1 aliphatic rings. The molecule has 1 aromatic heterocycles. The van der Waals surface area contributed by atoms with Crippen molar-refractivity contribution in [1.82, 2.24) is 14.5 Å². The van der Waals surface area contributed by atoms with Gasteiger partial charge in [0.15, 0.2) is 0 Å². The van der Waals surface area contributed by atoms with Gasteiger partial charge in [-0.1, -0.05) is 31.5 Å².